The van der Waals surface area contributed by atoms with E-state index >= 15 is 0 Å². The van der Waals surface area contributed by atoms with Gasteiger partial charge in [0.2, 0.25) is 0 Å². The average Bonchev–Trinajstić information content (AvgIpc) is 2.18. The van der Waals surface area contributed by atoms with E-state index in [1.165, 1.54) is 6.42 Å². The molecule has 0 spiro atoms. The molecule has 1 aliphatic rings. The first-order valence-electron chi connectivity index (χ1n) is 5.27. The van der Waals surface area contributed by atoms with Crippen LogP contribution in [0, 0.1) is 0 Å². The van der Waals surface area contributed by atoms with E-state index in [0.717, 1.165) is 32.8 Å². The van der Waals surface area contributed by atoms with Crippen molar-refractivity contribution in [1.29, 1.82) is 0 Å². The van der Waals surface area contributed by atoms with Gasteiger partial charge in [0, 0.05) is 19.0 Å². The van der Waals surface area contributed by atoms with E-state index in [9.17, 15) is 0 Å². The van der Waals surface area contributed by atoms with Gasteiger partial charge < -0.3 is 9.64 Å². The zero-order chi connectivity index (χ0) is 10.4. The molecule has 1 heterocycles. The summed E-state index contributed by atoms with van der Waals surface area (Å²) in [6, 6.07) is 0. The number of hydrogen-bond acceptors (Lipinski definition) is 3. The third-order valence-electron chi connectivity index (χ3n) is 2.47. The molecule has 1 atom stereocenters. The van der Waals surface area contributed by atoms with Crippen LogP contribution in [0.25, 0.3) is 0 Å². The van der Waals surface area contributed by atoms with E-state index in [1.807, 2.05) is 0 Å². The molecule has 1 aliphatic heterocycles. The van der Waals surface area contributed by atoms with Crippen molar-refractivity contribution in [2.24, 2.45) is 0 Å². The standard InChI is InChI=1S/C10H21ClN2O/c1-12(2)4-3-5-13-6-7-14-10(8-11)9-13/h10H,3-9H2,1-2H3. The SMILES string of the molecule is CN(C)CCCN1CCOC(CCl)C1. The van der Waals surface area contributed by atoms with Gasteiger partial charge >= 0.3 is 0 Å². The first kappa shape index (κ1) is 12.2. The summed E-state index contributed by atoms with van der Waals surface area (Å²) < 4.78 is 5.50. The lowest BCUT2D eigenvalue weighted by molar-refractivity contribution is -0.0170. The van der Waals surface area contributed by atoms with Crippen LogP contribution >= 0.6 is 11.6 Å². The highest BCUT2D eigenvalue weighted by Gasteiger charge is 2.18. The molecule has 84 valence electrons. The van der Waals surface area contributed by atoms with E-state index in [1.54, 1.807) is 0 Å². The number of rotatable bonds is 5. The summed E-state index contributed by atoms with van der Waals surface area (Å²) in [4.78, 5) is 4.67. The summed E-state index contributed by atoms with van der Waals surface area (Å²) in [5, 5.41) is 0. The van der Waals surface area contributed by atoms with Crippen molar-refractivity contribution in [3.05, 3.63) is 0 Å². The second kappa shape index (κ2) is 6.62. The lowest BCUT2D eigenvalue weighted by atomic mass is 10.2. The normalized spacial score (nSPS) is 24.4. The van der Waals surface area contributed by atoms with Gasteiger partial charge in [-0.3, -0.25) is 4.90 Å². The fourth-order valence-electron chi connectivity index (χ4n) is 1.69. The van der Waals surface area contributed by atoms with Crippen molar-refractivity contribution in [2.45, 2.75) is 12.5 Å². The van der Waals surface area contributed by atoms with Crippen LogP contribution in [0.5, 0.6) is 0 Å². The molecule has 1 rings (SSSR count). The van der Waals surface area contributed by atoms with E-state index in [4.69, 9.17) is 16.3 Å². The van der Waals surface area contributed by atoms with Gasteiger partial charge in [-0.1, -0.05) is 0 Å². The second-order valence-electron chi connectivity index (χ2n) is 4.10. The first-order valence-corrected chi connectivity index (χ1v) is 5.80. The maximum absolute atomic E-state index is 5.77. The van der Waals surface area contributed by atoms with Crippen LogP contribution in [0.15, 0.2) is 0 Å². The third-order valence-corrected chi connectivity index (χ3v) is 2.82. The molecule has 0 aromatic carbocycles. The topological polar surface area (TPSA) is 15.7 Å². The maximum Gasteiger partial charge on any atom is 0.0837 e. The molecule has 0 bridgehead atoms. The quantitative estimate of drug-likeness (QED) is 0.640. The monoisotopic (exact) mass is 220 g/mol. The van der Waals surface area contributed by atoms with Crippen molar-refractivity contribution in [3.8, 4) is 0 Å². The predicted molar refractivity (Wildman–Crippen MR) is 60.1 cm³/mol. The third kappa shape index (κ3) is 4.60. The fraction of sp³-hybridized carbons (Fsp3) is 1.00. The largest absolute Gasteiger partial charge is 0.374 e. The Kier molecular flexibility index (Phi) is 5.78. The number of nitrogens with zero attached hydrogens (tertiary/aromatic N) is 2. The minimum Gasteiger partial charge on any atom is -0.374 e. The second-order valence-corrected chi connectivity index (χ2v) is 4.41. The van der Waals surface area contributed by atoms with Crippen molar-refractivity contribution in [3.63, 3.8) is 0 Å². The molecule has 4 heteroatoms. The number of hydrogen-bond donors (Lipinski definition) is 0. The molecule has 0 radical (unpaired) electrons. The van der Waals surface area contributed by atoms with Gasteiger partial charge in [0.05, 0.1) is 12.7 Å². The number of halogens is 1. The molecule has 0 aromatic rings. The summed E-state index contributed by atoms with van der Waals surface area (Å²) in [6.45, 7) is 5.20. The van der Waals surface area contributed by atoms with E-state index in [-0.39, 0.29) is 6.10 Å². The van der Waals surface area contributed by atoms with Crippen molar-refractivity contribution in [1.82, 2.24) is 9.80 Å². The summed E-state index contributed by atoms with van der Waals surface area (Å²) in [5.41, 5.74) is 0. The van der Waals surface area contributed by atoms with Gasteiger partial charge in [0.1, 0.15) is 0 Å². The summed E-state index contributed by atoms with van der Waals surface area (Å²) in [7, 11) is 4.22. The predicted octanol–water partition coefficient (Wildman–Crippen LogP) is 0.878. The lowest BCUT2D eigenvalue weighted by Crippen LogP contribution is -2.44. The van der Waals surface area contributed by atoms with Crippen molar-refractivity contribution < 1.29 is 4.74 Å². The number of alkyl halides is 1. The Balaban J connectivity index is 2.11. The van der Waals surface area contributed by atoms with Crippen molar-refractivity contribution >= 4 is 11.6 Å². The summed E-state index contributed by atoms with van der Waals surface area (Å²) >= 11 is 5.77. The van der Waals surface area contributed by atoms with Crippen molar-refractivity contribution in [2.75, 3.05) is 52.8 Å². The van der Waals surface area contributed by atoms with Gasteiger partial charge in [-0.05, 0) is 33.6 Å². The van der Waals surface area contributed by atoms with E-state index < -0.39 is 0 Å². The molecule has 0 saturated carbocycles. The Morgan fingerprint density at radius 3 is 2.93 bits per heavy atom. The minimum absolute atomic E-state index is 0.241. The number of ether oxygens (including phenoxy) is 1. The van der Waals surface area contributed by atoms with Crippen LogP contribution in [0.3, 0.4) is 0 Å². The molecule has 0 aromatic heterocycles. The zero-order valence-electron chi connectivity index (χ0n) is 9.21. The Hall–Kier alpha value is 0.170. The molecule has 1 fully saturated rings. The van der Waals surface area contributed by atoms with Gasteiger partial charge in [-0.2, -0.15) is 0 Å². The Labute approximate surface area is 92.0 Å². The Morgan fingerprint density at radius 2 is 2.29 bits per heavy atom. The Bertz CT molecular complexity index is 155. The van der Waals surface area contributed by atoms with Gasteiger partial charge in [0.25, 0.3) is 0 Å². The highest BCUT2D eigenvalue weighted by molar-refractivity contribution is 6.18. The molecule has 0 amide bonds. The van der Waals surface area contributed by atoms with Crippen LogP contribution in [0.2, 0.25) is 0 Å². The summed E-state index contributed by atoms with van der Waals surface area (Å²) in [5.74, 6) is 0.615. The molecule has 14 heavy (non-hydrogen) atoms. The van der Waals surface area contributed by atoms with E-state index in [0.29, 0.717) is 5.88 Å². The Morgan fingerprint density at radius 1 is 1.50 bits per heavy atom. The van der Waals surface area contributed by atoms with Crippen LogP contribution in [0.1, 0.15) is 6.42 Å². The van der Waals surface area contributed by atoms with Crippen LogP contribution < -0.4 is 0 Å². The highest BCUT2D eigenvalue weighted by atomic mass is 35.5. The van der Waals surface area contributed by atoms with Crippen LogP contribution in [-0.4, -0.2) is 68.7 Å². The molecule has 3 nitrogen and oxygen atoms in total. The lowest BCUT2D eigenvalue weighted by Gasteiger charge is -2.32. The molecule has 0 aliphatic carbocycles. The van der Waals surface area contributed by atoms with Gasteiger partial charge in [-0.25, -0.2) is 0 Å². The van der Waals surface area contributed by atoms with E-state index in [2.05, 4.69) is 23.9 Å². The maximum atomic E-state index is 5.77. The van der Waals surface area contributed by atoms with Crippen LogP contribution in [0.4, 0.5) is 0 Å². The minimum atomic E-state index is 0.241. The summed E-state index contributed by atoms with van der Waals surface area (Å²) in [6.07, 6.45) is 1.46. The van der Waals surface area contributed by atoms with Gasteiger partial charge in [-0.15, -0.1) is 11.6 Å². The smallest absolute Gasteiger partial charge is 0.0837 e. The molecular formula is C10H21ClN2O. The first-order chi connectivity index (χ1) is 6.72. The molecule has 1 saturated heterocycles. The highest BCUT2D eigenvalue weighted by Crippen LogP contribution is 2.06. The average molecular weight is 221 g/mol. The molecular weight excluding hydrogens is 200 g/mol. The fourth-order valence-corrected chi connectivity index (χ4v) is 1.87. The molecule has 1 unspecified atom stereocenters. The van der Waals surface area contributed by atoms with Gasteiger partial charge in [0.15, 0.2) is 0 Å². The zero-order valence-corrected chi connectivity index (χ0v) is 9.96. The molecule has 0 N–H and O–H groups in total. The van der Waals surface area contributed by atoms with Crippen LogP contribution in [-0.2, 0) is 4.74 Å². The number of morpholine rings is 1.